The topological polar surface area (TPSA) is 84.9 Å². The molecule has 6 nitrogen and oxygen atoms in total. The summed E-state index contributed by atoms with van der Waals surface area (Å²) in [6.07, 6.45) is 1.31. The summed E-state index contributed by atoms with van der Waals surface area (Å²) in [4.78, 5) is 22.5. The van der Waals surface area contributed by atoms with Crippen LogP contribution in [0.1, 0.15) is 30.5 Å². The van der Waals surface area contributed by atoms with Crippen molar-refractivity contribution >= 4 is 29.6 Å². The Labute approximate surface area is 168 Å². The first-order valence-corrected chi connectivity index (χ1v) is 9.05. The molecule has 0 fully saturated rings. The summed E-state index contributed by atoms with van der Waals surface area (Å²) in [5, 5.41) is 11.8. The van der Waals surface area contributed by atoms with Crippen LogP contribution in [0.2, 0.25) is 5.02 Å². The van der Waals surface area contributed by atoms with Gasteiger partial charge in [-0.3, -0.25) is 4.79 Å². The summed E-state index contributed by atoms with van der Waals surface area (Å²) in [6, 6.07) is 11.1. The highest BCUT2D eigenvalue weighted by Crippen LogP contribution is 2.37. The molecule has 0 aromatic heterocycles. The van der Waals surface area contributed by atoms with Gasteiger partial charge in [0.05, 0.1) is 11.6 Å². The first kappa shape index (κ1) is 21.3. The Hall–Kier alpha value is -2.99. The minimum Gasteiger partial charge on any atom is -0.490 e. The van der Waals surface area contributed by atoms with Gasteiger partial charge in [0.15, 0.2) is 11.5 Å². The molecular formula is C21H22ClNO5. The second-order valence-electron chi connectivity index (χ2n) is 6.09. The van der Waals surface area contributed by atoms with E-state index in [2.05, 4.69) is 5.32 Å². The average Bonchev–Trinajstić information content (AvgIpc) is 2.60. The van der Waals surface area contributed by atoms with E-state index in [4.69, 9.17) is 21.1 Å². The molecule has 1 amide bonds. The lowest BCUT2D eigenvalue weighted by Gasteiger charge is -2.15. The average molecular weight is 404 g/mol. The Balaban J connectivity index is 2.34. The number of nitrogens with one attached hydrogen (secondary N) is 1. The predicted octanol–water partition coefficient (Wildman–Crippen LogP) is 4.19. The zero-order valence-corrected chi connectivity index (χ0v) is 16.7. The Morgan fingerprint density at radius 1 is 1.21 bits per heavy atom. The molecule has 148 valence electrons. The van der Waals surface area contributed by atoms with Crippen LogP contribution < -0.4 is 14.8 Å². The van der Waals surface area contributed by atoms with Crippen molar-refractivity contribution in [1.29, 1.82) is 0 Å². The molecule has 0 unspecified atom stereocenters. The molecule has 0 radical (unpaired) electrons. The Morgan fingerprint density at radius 3 is 2.57 bits per heavy atom. The van der Waals surface area contributed by atoms with E-state index in [1.807, 2.05) is 38.1 Å². The van der Waals surface area contributed by atoms with Crippen molar-refractivity contribution < 1.29 is 24.2 Å². The van der Waals surface area contributed by atoms with Crippen LogP contribution in [-0.4, -0.2) is 23.6 Å². The van der Waals surface area contributed by atoms with Gasteiger partial charge in [0.25, 0.3) is 0 Å². The zero-order chi connectivity index (χ0) is 20.7. The minimum absolute atomic E-state index is 0.264. The number of rotatable bonds is 8. The number of amides is 1. The van der Waals surface area contributed by atoms with E-state index in [0.717, 1.165) is 11.1 Å². The second-order valence-corrected chi connectivity index (χ2v) is 6.49. The smallest absolute Gasteiger partial charge is 0.352 e. The Kier molecular flexibility index (Phi) is 7.46. The number of benzene rings is 2. The van der Waals surface area contributed by atoms with E-state index in [-0.39, 0.29) is 10.7 Å². The number of hydrogen-bond donors (Lipinski definition) is 2. The minimum atomic E-state index is -1.26. The van der Waals surface area contributed by atoms with Crippen LogP contribution in [0.4, 0.5) is 0 Å². The highest BCUT2D eigenvalue weighted by molar-refractivity contribution is 6.32. The van der Waals surface area contributed by atoms with Gasteiger partial charge in [0, 0.05) is 6.92 Å². The molecule has 0 aliphatic rings. The highest BCUT2D eigenvalue weighted by Gasteiger charge is 2.15. The maximum Gasteiger partial charge on any atom is 0.352 e. The molecule has 0 aliphatic heterocycles. The summed E-state index contributed by atoms with van der Waals surface area (Å²) >= 11 is 6.37. The lowest BCUT2D eigenvalue weighted by molar-refractivity contribution is -0.134. The van der Waals surface area contributed by atoms with Gasteiger partial charge in [-0.15, -0.1) is 0 Å². The lowest BCUT2D eigenvalue weighted by atomic mass is 10.1. The largest absolute Gasteiger partial charge is 0.490 e. The van der Waals surface area contributed by atoms with Crippen LogP contribution in [0, 0.1) is 6.92 Å². The van der Waals surface area contributed by atoms with Gasteiger partial charge in [0.1, 0.15) is 12.3 Å². The molecule has 0 heterocycles. The van der Waals surface area contributed by atoms with Crippen molar-refractivity contribution in [3.8, 4) is 11.5 Å². The van der Waals surface area contributed by atoms with Crippen LogP contribution in [0.25, 0.3) is 6.08 Å². The molecule has 2 aromatic rings. The summed E-state index contributed by atoms with van der Waals surface area (Å²) < 4.78 is 11.5. The van der Waals surface area contributed by atoms with Crippen LogP contribution in [-0.2, 0) is 16.2 Å². The highest BCUT2D eigenvalue weighted by atomic mass is 35.5. The zero-order valence-electron chi connectivity index (χ0n) is 15.9. The number of hydrogen-bond acceptors (Lipinski definition) is 4. The predicted molar refractivity (Wildman–Crippen MR) is 108 cm³/mol. The van der Waals surface area contributed by atoms with Crippen molar-refractivity contribution in [2.24, 2.45) is 0 Å². The monoisotopic (exact) mass is 403 g/mol. The molecule has 28 heavy (non-hydrogen) atoms. The van der Waals surface area contributed by atoms with Crippen LogP contribution in [0.15, 0.2) is 42.1 Å². The van der Waals surface area contributed by atoms with Gasteiger partial charge in [-0.25, -0.2) is 4.79 Å². The van der Waals surface area contributed by atoms with Crippen LogP contribution in [0.3, 0.4) is 0 Å². The molecule has 0 bridgehead atoms. The summed E-state index contributed by atoms with van der Waals surface area (Å²) in [5.41, 5.74) is 2.31. The number of carbonyl (C=O) groups is 2. The molecule has 2 aromatic carbocycles. The van der Waals surface area contributed by atoms with Gasteiger partial charge in [-0.05, 0) is 43.2 Å². The number of carbonyl (C=O) groups excluding carboxylic acids is 1. The summed E-state index contributed by atoms with van der Waals surface area (Å²) in [6.45, 7) is 5.74. The first-order chi connectivity index (χ1) is 13.3. The normalized spacial score (nSPS) is 11.1. The van der Waals surface area contributed by atoms with Crippen molar-refractivity contribution in [2.75, 3.05) is 6.61 Å². The van der Waals surface area contributed by atoms with E-state index in [0.29, 0.717) is 30.3 Å². The van der Waals surface area contributed by atoms with Crippen molar-refractivity contribution in [2.45, 2.75) is 27.4 Å². The molecule has 0 saturated heterocycles. The van der Waals surface area contributed by atoms with Crippen molar-refractivity contribution in [3.63, 3.8) is 0 Å². The lowest BCUT2D eigenvalue weighted by Crippen LogP contribution is -2.24. The van der Waals surface area contributed by atoms with Gasteiger partial charge in [0.2, 0.25) is 5.91 Å². The maximum atomic E-state index is 11.3. The second kappa shape index (κ2) is 9.80. The molecular weight excluding hydrogens is 382 g/mol. The summed E-state index contributed by atoms with van der Waals surface area (Å²) in [5.74, 6) is -0.980. The van der Waals surface area contributed by atoms with E-state index in [1.165, 1.54) is 13.0 Å². The quantitative estimate of drug-likeness (QED) is 0.645. The number of carboxylic acids is 1. The molecule has 0 spiro atoms. The van der Waals surface area contributed by atoms with E-state index < -0.39 is 11.9 Å². The molecule has 0 aliphatic carbocycles. The van der Waals surface area contributed by atoms with E-state index in [1.54, 1.807) is 12.1 Å². The molecule has 7 heteroatoms. The van der Waals surface area contributed by atoms with Gasteiger partial charge >= 0.3 is 5.97 Å². The maximum absolute atomic E-state index is 11.3. The number of aryl methyl sites for hydroxylation is 1. The van der Waals surface area contributed by atoms with Crippen molar-refractivity contribution in [3.05, 3.63) is 63.8 Å². The van der Waals surface area contributed by atoms with Crippen LogP contribution >= 0.6 is 11.6 Å². The first-order valence-electron chi connectivity index (χ1n) is 8.67. The molecule has 2 rings (SSSR count). The van der Waals surface area contributed by atoms with Crippen molar-refractivity contribution in [1.82, 2.24) is 5.32 Å². The Morgan fingerprint density at radius 2 is 1.96 bits per heavy atom. The number of carboxylic acid groups (broad SMARTS) is 1. The fourth-order valence-electron chi connectivity index (χ4n) is 2.54. The number of halogens is 1. The van der Waals surface area contributed by atoms with Gasteiger partial charge < -0.3 is 19.9 Å². The third-order valence-electron chi connectivity index (χ3n) is 3.65. The van der Waals surface area contributed by atoms with Crippen LogP contribution in [0.5, 0.6) is 11.5 Å². The number of aliphatic carboxylic acids is 1. The fourth-order valence-corrected chi connectivity index (χ4v) is 2.81. The fraction of sp³-hybridized carbons (Fsp3) is 0.238. The molecule has 0 atom stereocenters. The SMILES string of the molecule is CCOc1cc(/C=C(/NC(C)=O)C(=O)O)cc(Cl)c1OCc1cccc(C)c1. The summed E-state index contributed by atoms with van der Waals surface area (Å²) in [7, 11) is 0. The molecule has 2 N–H and O–H groups in total. The third kappa shape index (κ3) is 6.03. The van der Waals surface area contributed by atoms with E-state index in [9.17, 15) is 14.7 Å². The van der Waals surface area contributed by atoms with E-state index >= 15 is 0 Å². The Bertz CT molecular complexity index is 908. The standard InChI is InChI=1S/C21H22ClNO5/c1-4-27-19-11-16(10-18(21(25)26)23-14(3)24)9-17(22)20(19)28-12-15-7-5-6-13(2)8-15/h5-11H,4,12H2,1-3H3,(H,23,24)(H,25,26)/b18-10+. The molecule has 0 saturated carbocycles. The third-order valence-corrected chi connectivity index (χ3v) is 3.93. The van der Waals surface area contributed by atoms with Gasteiger partial charge in [-0.1, -0.05) is 41.4 Å². The number of ether oxygens (including phenoxy) is 2. The van der Waals surface area contributed by atoms with Gasteiger partial charge in [-0.2, -0.15) is 0 Å².